The second kappa shape index (κ2) is 7.08. The monoisotopic (exact) mass is 356 g/mol. The van der Waals surface area contributed by atoms with Gasteiger partial charge in [0.05, 0.1) is 9.92 Å². The summed E-state index contributed by atoms with van der Waals surface area (Å²) in [5, 5.41) is -0.325. The molecule has 0 atom stereocenters. The molecule has 0 heterocycles. The molecule has 1 amide bonds. The Morgan fingerprint density at radius 1 is 1.17 bits per heavy atom. The van der Waals surface area contributed by atoms with Gasteiger partial charge in [-0.25, -0.2) is 12.8 Å². The second-order valence-corrected chi connectivity index (χ2v) is 6.78. The molecule has 122 valence electrons. The lowest BCUT2D eigenvalue weighted by Crippen LogP contribution is -2.41. The number of amides is 1. The van der Waals surface area contributed by atoms with Crippen molar-refractivity contribution in [3.63, 3.8) is 0 Å². The maximum Gasteiger partial charge on any atom is 0.266 e. The van der Waals surface area contributed by atoms with Crippen molar-refractivity contribution >= 4 is 27.5 Å². The van der Waals surface area contributed by atoms with Gasteiger partial charge in [-0.2, -0.15) is 0 Å². The number of halogens is 2. The van der Waals surface area contributed by atoms with Crippen molar-refractivity contribution in [2.24, 2.45) is 0 Å². The van der Waals surface area contributed by atoms with Crippen LogP contribution in [-0.4, -0.2) is 14.3 Å². The number of hydrogen-bond acceptors (Lipinski definition) is 3. The zero-order valence-corrected chi connectivity index (χ0v) is 13.7. The van der Waals surface area contributed by atoms with Crippen LogP contribution in [0.25, 0.3) is 0 Å². The lowest BCUT2D eigenvalue weighted by atomic mass is 10.1. The largest absolute Gasteiger partial charge is 0.273 e. The molecule has 0 spiro atoms. The predicted molar refractivity (Wildman–Crippen MR) is 85.0 cm³/mol. The molecule has 0 fully saturated rings. The summed E-state index contributed by atoms with van der Waals surface area (Å²) >= 11 is 5.55. The number of hydrazine groups is 1. The highest BCUT2D eigenvalue weighted by atomic mass is 35.5. The van der Waals surface area contributed by atoms with E-state index in [0.717, 1.165) is 30.2 Å². The molecule has 0 unspecified atom stereocenters. The van der Waals surface area contributed by atoms with Crippen LogP contribution in [0.4, 0.5) is 4.39 Å². The summed E-state index contributed by atoms with van der Waals surface area (Å²) in [4.78, 5) is 13.6. The molecule has 0 aliphatic heterocycles. The lowest BCUT2D eigenvalue weighted by molar-refractivity contribution is 0.0945. The van der Waals surface area contributed by atoms with Crippen LogP contribution in [-0.2, 0) is 16.4 Å². The van der Waals surface area contributed by atoms with Gasteiger partial charge in [0.2, 0.25) is 0 Å². The minimum absolute atomic E-state index is 0.259. The van der Waals surface area contributed by atoms with Crippen molar-refractivity contribution in [3.05, 3.63) is 64.4 Å². The second-order valence-electron chi connectivity index (χ2n) is 4.69. The molecular weight excluding hydrogens is 343 g/mol. The zero-order valence-electron chi connectivity index (χ0n) is 12.1. The number of hydrogen-bond donors (Lipinski definition) is 2. The first-order valence-electron chi connectivity index (χ1n) is 6.69. The number of aryl methyl sites for hydroxylation is 1. The van der Waals surface area contributed by atoms with Gasteiger partial charge in [0.15, 0.2) is 0 Å². The molecule has 23 heavy (non-hydrogen) atoms. The Bertz CT molecular complexity index is 823. The highest BCUT2D eigenvalue weighted by Crippen LogP contribution is 2.19. The van der Waals surface area contributed by atoms with E-state index in [-0.39, 0.29) is 9.92 Å². The van der Waals surface area contributed by atoms with E-state index in [1.165, 1.54) is 0 Å². The first kappa shape index (κ1) is 17.4. The van der Waals surface area contributed by atoms with Gasteiger partial charge in [-0.1, -0.05) is 30.7 Å². The number of carbonyl (C=O) groups is 1. The molecule has 0 bridgehead atoms. The van der Waals surface area contributed by atoms with Crippen molar-refractivity contribution in [1.29, 1.82) is 0 Å². The third kappa shape index (κ3) is 4.28. The molecule has 5 nitrogen and oxygen atoms in total. The van der Waals surface area contributed by atoms with Crippen molar-refractivity contribution in [2.45, 2.75) is 18.2 Å². The predicted octanol–water partition coefficient (Wildman–Crippen LogP) is 2.66. The summed E-state index contributed by atoms with van der Waals surface area (Å²) in [6.07, 6.45) is 0.833. The van der Waals surface area contributed by atoms with E-state index in [0.29, 0.717) is 5.56 Å². The van der Waals surface area contributed by atoms with Crippen LogP contribution in [0.2, 0.25) is 5.02 Å². The van der Waals surface area contributed by atoms with Crippen molar-refractivity contribution in [2.75, 3.05) is 0 Å². The van der Waals surface area contributed by atoms with Crippen molar-refractivity contribution in [3.8, 4) is 0 Å². The lowest BCUT2D eigenvalue weighted by Gasteiger charge is -2.09. The van der Waals surface area contributed by atoms with Crippen LogP contribution in [0.5, 0.6) is 0 Å². The number of benzene rings is 2. The van der Waals surface area contributed by atoms with Gasteiger partial charge >= 0.3 is 0 Å². The van der Waals surface area contributed by atoms with Crippen LogP contribution in [0.15, 0.2) is 47.4 Å². The smallest absolute Gasteiger partial charge is 0.266 e. The van der Waals surface area contributed by atoms with Crippen LogP contribution in [0, 0.1) is 5.82 Å². The van der Waals surface area contributed by atoms with Crippen LogP contribution in [0.1, 0.15) is 22.8 Å². The Morgan fingerprint density at radius 2 is 1.83 bits per heavy atom. The average molecular weight is 357 g/mol. The molecule has 0 saturated carbocycles. The van der Waals surface area contributed by atoms with E-state index in [4.69, 9.17) is 11.6 Å². The molecule has 2 aromatic rings. The zero-order chi connectivity index (χ0) is 17.0. The van der Waals surface area contributed by atoms with E-state index in [1.807, 2.05) is 11.8 Å². The maximum absolute atomic E-state index is 13.1. The SMILES string of the molecule is CCc1ccc(C(=O)NNS(=O)(=O)c2ccc(F)c(Cl)c2)cc1. The Kier molecular flexibility index (Phi) is 5.35. The van der Waals surface area contributed by atoms with Crippen molar-refractivity contribution < 1.29 is 17.6 Å². The fourth-order valence-corrected chi connectivity index (χ4v) is 2.89. The van der Waals surface area contributed by atoms with E-state index < -0.39 is 21.7 Å². The molecule has 0 aliphatic carbocycles. The summed E-state index contributed by atoms with van der Waals surface area (Å²) in [6.45, 7) is 1.98. The summed E-state index contributed by atoms with van der Waals surface area (Å²) in [7, 11) is -4.05. The van der Waals surface area contributed by atoms with Gasteiger partial charge in [0.25, 0.3) is 15.9 Å². The average Bonchev–Trinajstić information content (AvgIpc) is 2.55. The highest BCUT2D eigenvalue weighted by molar-refractivity contribution is 7.89. The van der Waals surface area contributed by atoms with Gasteiger partial charge in [-0.15, -0.1) is 4.83 Å². The normalized spacial score (nSPS) is 11.3. The minimum Gasteiger partial charge on any atom is -0.273 e. The summed E-state index contributed by atoms with van der Waals surface area (Å²) in [5.41, 5.74) is 3.46. The Balaban J connectivity index is 2.08. The van der Waals surface area contributed by atoms with Crippen LogP contribution >= 0.6 is 11.6 Å². The van der Waals surface area contributed by atoms with Gasteiger partial charge in [0.1, 0.15) is 5.82 Å². The minimum atomic E-state index is -4.05. The van der Waals surface area contributed by atoms with Gasteiger partial charge in [0, 0.05) is 5.56 Å². The molecular formula is C15H14ClFN2O3S. The Hall–Kier alpha value is -1.96. The van der Waals surface area contributed by atoms with E-state index in [9.17, 15) is 17.6 Å². The number of nitrogens with one attached hydrogen (secondary N) is 2. The molecule has 0 aromatic heterocycles. The fourth-order valence-electron chi connectivity index (χ4n) is 1.78. The quantitative estimate of drug-likeness (QED) is 0.809. The third-order valence-electron chi connectivity index (χ3n) is 3.12. The summed E-state index contributed by atoms with van der Waals surface area (Å²) in [6, 6.07) is 9.69. The molecule has 2 aromatic carbocycles. The number of rotatable bonds is 5. The molecule has 8 heteroatoms. The number of carbonyl (C=O) groups excluding carboxylic acids is 1. The van der Waals surface area contributed by atoms with Gasteiger partial charge < -0.3 is 0 Å². The van der Waals surface area contributed by atoms with Crippen molar-refractivity contribution in [1.82, 2.24) is 10.3 Å². The van der Waals surface area contributed by atoms with E-state index in [2.05, 4.69) is 5.43 Å². The first-order chi connectivity index (χ1) is 10.8. The fraction of sp³-hybridized carbons (Fsp3) is 0.133. The Morgan fingerprint density at radius 3 is 2.39 bits per heavy atom. The van der Waals surface area contributed by atoms with E-state index >= 15 is 0 Å². The molecule has 0 aliphatic rings. The highest BCUT2D eigenvalue weighted by Gasteiger charge is 2.17. The standard InChI is InChI=1S/C15H14ClFN2O3S/c1-2-10-3-5-11(6-4-10)15(20)18-19-23(21,22)12-7-8-14(17)13(16)9-12/h3-9,19H,2H2,1H3,(H,18,20). The summed E-state index contributed by atoms with van der Waals surface area (Å²) in [5.74, 6) is -1.34. The maximum atomic E-state index is 13.1. The first-order valence-corrected chi connectivity index (χ1v) is 8.55. The molecule has 2 rings (SSSR count). The van der Waals surface area contributed by atoms with Gasteiger partial charge in [-0.05, 0) is 42.3 Å². The van der Waals surface area contributed by atoms with E-state index in [1.54, 1.807) is 24.3 Å². The van der Waals surface area contributed by atoms with Crippen LogP contribution in [0.3, 0.4) is 0 Å². The Labute approximate surface area is 138 Å². The molecule has 0 radical (unpaired) electrons. The molecule has 2 N–H and O–H groups in total. The third-order valence-corrected chi connectivity index (χ3v) is 4.66. The molecule has 0 saturated heterocycles. The number of sulfonamides is 1. The van der Waals surface area contributed by atoms with Gasteiger partial charge in [-0.3, -0.25) is 10.2 Å². The van der Waals surface area contributed by atoms with Crippen LogP contribution < -0.4 is 10.3 Å². The summed E-state index contributed by atoms with van der Waals surface area (Å²) < 4.78 is 37.1. The topological polar surface area (TPSA) is 75.3 Å².